The number of hydrogen-bond donors (Lipinski definition) is 0. The van der Waals surface area contributed by atoms with E-state index in [2.05, 4.69) is 14.9 Å². The van der Waals surface area contributed by atoms with Crippen molar-refractivity contribution in [1.82, 2.24) is 9.97 Å². The summed E-state index contributed by atoms with van der Waals surface area (Å²) in [5.74, 6) is 1.00. The number of anilines is 1. The molecule has 0 spiro atoms. The smallest absolute Gasteiger partial charge is 0.135 e. The van der Waals surface area contributed by atoms with Crippen LogP contribution < -0.4 is 4.90 Å². The predicted octanol–water partition coefficient (Wildman–Crippen LogP) is 0.768. The van der Waals surface area contributed by atoms with E-state index in [1.807, 2.05) is 6.92 Å². The quantitative estimate of drug-likeness (QED) is 0.757. The Kier molecular flexibility index (Phi) is 3.69. The molecule has 0 radical (unpaired) electrons. The summed E-state index contributed by atoms with van der Waals surface area (Å²) in [6.07, 6.45) is 1.60. The van der Waals surface area contributed by atoms with Crippen LogP contribution in [0, 0.1) is 6.92 Å². The molecule has 5 nitrogen and oxygen atoms in total. The molecular formula is C11H17N3O2. The highest BCUT2D eigenvalue weighted by Gasteiger charge is 2.16. The van der Waals surface area contributed by atoms with Gasteiger partial charge in [-0.2, -0.15) is 0 Å². The largest absolute Gasteiger partial charge is 0.378 e. The summed E-state index contributed by atoms with van der Waals surface area (Å²) in [4.78, 5) is 10.8. The van der Waals surface area contributed by atoms with Crippen LogP contribution in [0.2, 0.25) is 0 Å². The molecule has 0 bridgehead atoms. The van der Waals surface area contributed by atoms with Crippen molar-refractivity contribution in [2.75, 3.05) is 38.3 Å². The normalized spacial score (nSPS) is 16.5. The van der Waals surface area contributed by atoms with Gasteiger partial charge in [-0.15, -0.1) is 0 Å². The van der Waals surface area contributed by atoms with Gasteiger partial charge in [0.25, 0.3) is 0 Å². The Bertz CT molecular complexity index is 351. The molecule has 0 atom stereocenters. The minimum atomic E-state index is 0.533. The van der Waals surface area contributed by atoms with E-state index in [4.69, 9.17) is 9.47 Å². The van der Waals surface area contributed by atoms with Gasteiger partial charge in [-0.25, -0.2) is 9.97 Å². The van der Waals surface area contributed by atoms with E-state index >= 15 is 0 Å². The molecule has 5 heteroatoms. The second-order valence-corrected chi connectivity index (χ2v) is 3.80. The molecule has 0 unspecified atom stereocenters. The lowest BCUT2D eigenvalue weighted by Gasteiger charge is -2.29. The number of hydrogen-bond acceptors (Lipinski definition) is 5. The fourth-order valence-electron chi connectivity index (χ4n) is 1.85. The Hall–Kier alpha value is -1.20. The van der Waals surface area contributed by atoms with E-state index in [0.717, 1.165) is 43.4 Å². The summed E-state index contributed by atoms with van der Waals surface area (Å²) in [5.41, 5.74) is 2.06. The van der Waals surface area contributed by atoms with Crippen molar-refractivity contribution in [2.24, 2.45) is 0 Å². The van der Waals surface area contributed by atoms with Gasteiger partial charge in [0.2, 0.25) is 0 Å². The van der Waals surface area contributed by atoms with E-state index in [9.17, 15) is 0 Å². The molecular weight excluding hydrogens is 206 g/mol. The minimum absolute atomic E-state index is 0.533. The van der Waals surface area contributed by atoms with Gasteiger partial charge in [-0.05, 0) is 6.92 Å². The molecule has 88 valence electrons. The van der Waals surface area contributed by atoms with Crippen molar-refractivity contribution < 1.29 is 9.47 Å². The monoisotopic (exact) mass is 223 g/mol. The highest BCUT2D eigenvalue weighted by Crippen LogP contribution is 2.19. The van der Waals surface area contributed by atoms with Crippen molar-refractivity contribution in [3.63, 3.8) is 0 Å². The van der Waals surface area contributed by atoms with Crippen LogP contribution in [0.25, 0.3) is 0 Å². The van der Waals surface area contributed by atoms with E-state index < -0.39 is 0 Å². The fraction of sp³-hybridized carbons (Fsp3) is 0.636. The summed E-state index contributed by atoms with van der Waals surface area (Å²) >= 11 is 0. The molecule has 1 aromatic heterocycles. The van der Waals surface area contributed by atoms with E-state index in [0.29, 0.717) is 6.61 Å². The molecule has 1 aromatic rings. The summed E-state index contributed by atoms with van der Waals surface area (Å²) in [6.45, 7) is 5.89. The first-order valence-electron chi connectivity index (χ1n) is 5.45. The Balaban J connectivity index is 2.22. The minimum Gasteiger partial charge on any atom is -0.378 e. The summed E-state index contributed by atoms with van der Waals surface area (Å²) in [6, 6.07) is 0. The lowest BCUT2D eigenvalue weighted by molar-refractivity contribution is 0.122. The van der Waals surface area contributed by atoms with Gasteiger partial charge >= 0.3 is 0 Å². The standard InChI is InChI=1S/C11H17N3O2/c1-9-10(7-15-2)12-8-13-11(9)14-3-5-16-6-4-14/h8H,3-7H2,1-2H3. The van der Waals surface area contributed by atoms with Gasteiger partial charge in [0.1, 0.15) is 12.1 Å². The lowest BCUT2D eigenvalue weighted by atomic mass is 10.2. The molecule has 0 aromatic carbocycles. The lowest BCUT2D eigenvalue weighted by Crippen LogP contribution is -2.37. The molecule has 1 aliphatic rings. The average Bonchev–Trinajstić information content (AvgIpc) is 2.33. The Morgan fingerprint density at radius 1 is 1.38 bits per heavy atom. The Morgan fingerprint density at radius 3 is 2.81 bits per heavy atom. The molecule has 2 rings (SSSR count). The van der Waals surface area contributed by atoms with Crippen LogP contribution in [-0.4, -0.2) is 43.4 Å². The Morgan fingerprint density at radius 2 is 2.12 bits per heavy atom. The van der Waals surface area contributed by atoms with Crippen LogP contribution in [0.15, 0.2) is 6.33 Å². The van der Waals surface area contributed by atoms with Crippen molar-refractivity contribution in [1.29, 1.82) is 0 Å². The average molecular weight is 223 g/mol. The third kappa shape index (κ3) is 2.31. The highest BCUT2D eigenvalue weighted by atomic mass is 16.5. The van der Waals surface area contributed by atoms with Gasteiger partial charge in [0.15, 0.2) is 0 Å². The van der Waals surface area contributed by atoms with Gasteiger partial charge < -0.3 is 14.4 Å². The molecule has 0 aliphatic carbocycles. The van der Waals surface area contributed by atoms with Crippen LogP contribution in [0.5, 0.6) is 0 Å². The number of rotatable bonds is 3. The van der Waals surface area contributed by atoms with Gasteiger partial charge in [-0.1, -0.05) is 0 Å². The molecule has 1 fully saturated rings. The number of ether oxygens (including phenoxy) is 2. The third-order valence-corrected chi connectivity index (χ3v) is 2.75. The van der Waals surface area contributed by atoms with E-state index in [1.54, 1.807) is 13.4 Å². The highest BCUT2D eigenvalue weighted by molar-refractivity contribution is 5.47. The zero-order chi connectivity index (χ0) is 11.4. The molecule has 1 aliphatic heterocycles. The first-order chi connectivity index (χ1) is 7.83. The predicted molar refractivity (Wildman–Crippen MR) is 60.5 cm³/mol. The first kappa shape index (κ1) is 11.3. The van der Waals surface area contributed by atoms with Crippen LogP contribution in [-0.2, 0) is 16.1 Å². The molecule has 0 saturated carbocycles. The van der Waals surface area contributed by atoms with Crippen molar-refractivity contribution in [2.45, 2.75) is 13.5 Å². The molecule has 0 amide bonds. The maximum atomic E-state index is 5.33. The topological polar surface area (TPSA) is 47.5 Å². The molecule has 1 saturated heterocycles. The Labute approximate surface area is 95.4 Å². The zero-order valence-electron chi connectivity index (χ0n) is 9.77. The van der Waals surface area contributed by atoms with Crippen molar-refractivity contribution in [3.05, 3.63) is 17.6 Å². The van der Waals surface area contributed by atoms with Gasteiger partial charge in [-0.3, -0.25) is 0 Å². The van der Waals surface area contributed by atoms with Crippen LogP contribution in [0.4, 0.5) is 5.82 Å². The summed E-state index contributed by atoms with van der Waals surface area (Å²) in [5, 5.41) is 0. The van der Waals surface area contributed by atoms with Gasteiger partial charge in [0, 0.05) is 25.8 Å². The maximum absolute atomic E-state index is 5.33. The molecule has 16 heavy (non-hydrogen) atoms. The van der Waals surface area contributed by atoms with E-state index in [1.165, 1.54) is 0 Å². The number of methoxy groups -OCH3 is 1. The SMILES string of the molecule is COCc1ncnc(N2CCOCC2)c1C. The van der Waals surface area contributed by atoms with Crippen LogP contribution >= 0.6 is 0 Å². The van der Waals surface area contributed by atoms with Crippen molar-refractivity contribution in [3.8, 4) is 0 Å². The molecule has 0 N–H and O–H groups in total. The van der Waals surface area contributed by atoms with Crippen LogP contribution in [0.3, 0.4) is 0 Å². The maximum Gasteiger partial charge on any atom is 0.135 e. The molecule has 2 heterocycles. The number of nitrogens with zero attached hydrogens (tertiary/aromatic N) is 3. The second-order valence-electron chi connectivity index (χ2n) is 3.80. The van der Waals surface area contributed by atoms with Crippen molar-refractivity contribution >= 4 is 5.82 Å². The van der Waals surface area contributed by atoms with Gasteiger partial charge in [0.05, 0.1) is 25.5 Å². The second kappa shape index (κ2) is 5.23. The van der Waals surface area contributed by atoms with Crippen LogP contribution in [0.1, 0.15) is 11.3 Å². The summed E-state index contributed by atoms with van der Waals surface area (Å²) < 4.78 is 10.4. The number of morpholine rings is 1. The third-order valence-electron chi connectivity index (χ3n) is 2.75. The zero-order valence-corrected chi connectivity index (χ0v) is 9.77. The number of aromatic nitrogens is 2. The summed E-state index contributed by atoms with van der Waals surface area (Å²) in [7, 11) is 1.68. The first-order valence-corrected chi connectivity index (χ1v) is 5.45. The fourth-order valence-corrected chi connectivity index (χ4v) is 1.85. The van der Waals surface area contributed by atoms with E-state index in [-0.39, 0.29) is 0 Å².